The molecule has 0 amide bonds. The Labute approximate surface area is 412 Å². The van der Waals surface area contributed by atoms with Crippen molar-refractivity contribution in [2.24, 2.45) is 0 Å². The van der Waals surface area contributed by atoms with Gasteiger partial charge >= 0.3 is 13.8 Å². The van der Waals surface area contributed by atoms with E-state index in [0.717, 1.165) is 70.6 Å². The molecule has 0 heterocycles. The van der Waals surface area contributed by atoms with Gasteiger partial charge in [0.2, 0.25) is 0 Å². The first-order valence-corrected chi connectivity index (χ1v) is 29.3. The van der Waals surface area contributed by atoms with Crippen LogP contribution in [0.5, 0.6) is 0 Å². The monoisotopic (exact) mass is 965 g/mol. The van der Waals surface area contributed by atoms with Crippen LogP contribution in [0.15, 0.2) is 60.8 Å². The number of esters is 1. The lowest BCUT2D eigenvalue weighted by Crippen LogP contribution is -2.29. The van der Waals surface area contributed by atoms with E-state index in [1.54, 1.807) is 0 Å². The van der Waals surface area contributed by atoms with Crippen molar-refractivity contribution < 1.29 is 43.0 Å². The van der Waals surface area contributed by atoms with Gasteiger partial charge in [-0.2, -0.15) is 0 Å². The van der Waals surface area contributed by atoms with E-state index in [2.05, 4.69) is 74.6 Å². The number of allylic oxidation sites excluding steroid dienone is 10. The number of hydrogen-bond donors (Lipinski definition) is 3. The molecule has 0 aromatic rings. The van der Waals surface area contributed by atoms with Crippen LogP contribution in [0.2, 0.25) is 0 Å². The van der Waals surface area contributed by atoms with Crippen molar-refractivity contribution in [1.29, 1.82) is 0 Å². The minimum Gasteiger partial charge on any atom is -0.457 e. The Hall–Kier alpha value is -1.84. The van der Waals surface area contributed by atoms with E-state index in [-0.39, 0.29) is 19.6 Å². The topological polar surface area (TPSA) is 132 Å². The van der Waals surface area contributed by atoms with Gasteiger partial charge in [0.15, 0.2) is 0 Å². The second-order valence-corrected chi connectivity index (χ2v) is 20.0. The molecule has 0 aliphatic carbocycles. The van der Waals surface area contributed by atoms with Crippen LogP contribution >= 0.6 is 7.82 Å². The number of carbonyl (C=O) groups excluding carboxylic acids is 1. The maximum absolute atomic E-state index is 12.7. The molecular weight excluding hydrogens is 860 g/mol. The largest absolute Gasteiger partial charge is 0.472 e. The maximum atomic E-state index is 12.7. The van der Waals surface area contributed by atoms with Crippen molar-refractivity contribution >= 4 is 13.8 Å². The van der Waals surface area contributed by atoms with Gasteiger partial charge in [-0.25, -0.2) is 4.57 Å². The van der Waals surface area contributed by atoms with E-state index in [1.165, 1.54) is 154 Å². The highest BCUT2D eigenvalue weighted by Crippen LogP contribution is 2.43. The molecule has 0 radical (unpaired) electrons. The zero-order valence-corrected chi connectivity index (χ0v) is 44.3. The van der Waals surface area contributed by atoms with E-state index >= 15 is 0 Å². The van der Waals surface area contributed by atoms with Crippen LogP contribution in [-0.4, -0.2) is 66.3 Å². The molecule has 0 fully saturated rings. The van der Waals surface area contributed by atoms with Gasteiger partial charge in [0.1, 0.15) is 12.2 Å². The molecule has 9 nitrogen and oxygen atoms in total. The SMILES string of the molecule is CC/C=C\C/C=C\C/C=C\C/C=C\C/C=C\CCCCCCCCCC(=O)OC(COCCCCCCCCCCCCCCCCCCCCCCCCC)COP(=O)(O)OCC(O)CO. The number of hydrogen-bond acceptors (Lipinski definition) is 8. The molecule has 0 bridgehead atoms. The quantitative estimate of drug-likeness (QED) is 0.0236. The van der Waals surface area contributed by atoms with Gasteiger partial charge < -0.3 is 24.6 Å². The molecule has 0 aromatic heterocycles. The molecule has 0 saturated heterocycles. The fourth-order valence-corrected chi connectivity index (χ4v) is 8.59. The molecule has 0 spiro atoms. The first-order chi connectivity index (χ1) is 32.8. The van der Waals surface area contributed by atoms with Crippen molar-refractivity contribution in [1.82, 2.24) is 0 Å². The van der Waals surface area contributed by atoms with Crippen molar-refractivity contribution in [2.45, 2.75) is 264 Å². The summed E-state index contributed by atoms with van der Waals surface area (Å²) in [5.74, 6) is -0.391. The highest BCUT2D eigenvalue weighted by molar-refractivity contribution is 7.47. The normalized spacial score (nSPS) is 14.2. The molecule has 3 N–H and O–H groups in total. The zero-order valence-electron chi connectivity index (χ0n) is 43.4. The number of aliphatic hydroxyl groups excluding tert-OH is 2. The van der Waals surface area contributed by atoms with Gasteiger partial charge in [-0.15, -0.1) is 0 Å². The van der Waals surface area contributed by atoms with Gasteiger partial charge in [0.25, 0.3) is 0 Å². The van der Waals surface area contributed by atoms with Crippen LogP contribution in [0.4, 0.5) is 0 Å². The van der Waals surface area contributed by atoms with E-state index in [0.29, 0.717) is 13.0 Å². The van der Waals surface area contributed by atoms with Gasteiger partial charge in [-0.1, -0.05) is 248 Å². The summed E-state index contributed by atoms with van der Waals surface area (Å²) in [5.41, 5.74) is 0. The second-order valence-electron chi connectivity index (χ2n) is 18.6. The lowest BCUT2D eigenvalue weighted by molar-refractivity contribution is -0.154. The minimum atomic E-state index is -4.53. The first kappa shape index (κ1) is 65.2. The predicted octanol–water partition coefficient (Wildman–Crippen LogP) is 16.7. The molecule has 3 unspecified atom stereocenters. The zero-order chi connectivity index (χ0) is 48.8. The van der Waals surface area contributed by atoms with Crippen molar-refractivity contribution in [2.75, 3.05) is 33.0 Å². The lowest BCUT2D eigenvalue weighted by atomic mass is 10.0. The Morgan fingerprint density at radius 3 is 1.28 bits per heavy atom. The highest BCUT2D eigenvalue weighted by atomic mass is 31.2. The minimum absolute atomic E-state index is 0.0456. The Morgan fingerprint density at radius 1 is 0.478 bits per heavy atom. The standard InChI is InChI=1S/C57H105O9P/c1-3-5-7-9-11-13-15-17-19-21-23-25-27-29-31-33-35-37-39-41-43-45-47-49-57(60)66-56(54-65-67(61,62)64-52-55(59)51-58)53-63-50-48-46-44-42-40-38-36-34-32-30-28-26-24-22-20-18-16-14-12-10-8-6-4-2/h5,7,11,13,17,19,23,25,29,31,55-56,58-59H,3-4,6,8-10,12,14-16,18,20-22,24,26-28,30,32-54H2,1-2H3,(H,61,62)/b7-5-,13-11-,19-17-,25-23-,31-29-. The molecule has 10 heteroatoms. The number of ether oxygens (including phenoxy) is 2. The Kier molecular flexibility index (Phi) is 52.0. The Balaban J connectivity index is 4.04. The summed E-state index contributed by atoms with van der Waals surface area (Å²) in [6, 6.07) is 0. The van der Waals surface area contributed by atoms with Crippen LogP contribution in [0.1, 0.15) is 251 Å². The Morgan fingerprint density at radius 2 is 0.851 bits per heavy atom. The number of phosphoric acid groups is 1. The summed E-state index contributed by atoms with van der Waals surface area (Å²) < 4.78 is 33.6. The van der Waals surface area contributed by atoms with Crippen LogP contribution < -0.4 is 0 Å². The number of unbranched alkanes of at least 4 members (excludes halogenated alkanes) is 29. The van der Waals surface area contributed by atoms with E-state index in [1.807, 2.05) is 0 Å². The van der Waals surface area contributed by atoms with Crippen molar-refractivity contribution in [3.05, 3.63) is 60.8 Å². The molecule has 0 aromatic carbocycles. The number of phosphoric ester groups is 1. The average molecular weight is 965 g/mol. The van der Waals surface area contributed by atoms with E-state index in [9.17, 15) is 19.4 Å². The molecular formula is C57H105O9P. The lowest BCUT2D eigenvalue weighted by Gasteiger charge is -2.20. The fraction of sp³-hybridized carbons (Fsp3) is 0.807. The first-order valence-electron chi connectivity index (χ1n) is 27.8. The average Bonchev–Trinajstić information content (AvgIpc) is 3.32. The number of aliphatic hydroxyl groups is 2. The summed E-state index contributed by atoms with van der Waals surface area (Å²) in [7, 11) is -4.53. The van der Waals surface area contributed by atoms with Crippen LogP contribution in [0.25, 0.3) is 0 Å². The summed E-state index contributed by atoms with van der Waals surface area (Å²) in [6.45, 7) is 3.44. The summed E-state index contributed by atoms with van der Waals surface area (Å²) in [6.07, 6.45) is 64.8. The molecule has 0 saturated carbocycles. The third-order valence-corrected chi connectivity index (χ3v) is 12.9. The number of rotatable bonds is 53. The van der Waals surface area contributed by atoms with Crippen molar-refractivity contribution in [3.8, 4) is 0 Å². The maximum Gasteiger partial charge on any atom is 0.472 e. The van der Waals surface area contributed by atoms with Crippen LogP contribution in [-0.2, 0) is 27.9 Å². The second kappa shape index (κ2) is 53.5. The van der Waals surface area contributed by atoms with E-state index in [4.69, 9.17) is 23.6 Å². The summed E-state index contributed by atoms with van der Waals surface area (Å²) >= 11 is 0. The van der Waals surface area contributed by atoms with Gasteiger partial charge in [0, 0.05) is 13.0 Å². The third kappa shape index (κ3) is 53.4. The van der Waals surface area contributed by atoms with Crippen molar-refractivity contribution in [3.63, 3.8) is 0 Å². The highest BCUT2D eigenvalue weighted by Gasteiger charge is 2.26. The Bertz CT molecular complexity index is 1230. The molecule has 392 valence electrons. The molecule has 3 atom stereocenters. The smallest absolute Gasteiger partial charge is 0.457 e. The van der Waals surface area contributed by atoms with Gasteiger partial charge in [-0.3, -0.25) is 13.8 Å². The summed E-state index contributed by atoms with van der Waals surface area (Å²) in [5, 5.41) is 18.5. The third-order valence-electron chi connectivity index (χ3n) is 12.0. The molecule has 0 aliphatic heterocycles. The fourth-order valence-electron chi connectivity index (χ4n) is 7.80. The molecule has 67 heavy (non-hydrogen) atoms. The molecule has 0 rings (SSSR count). The molecule has 0 aliphatic rings. The summed E-state index contributed by atoms with van der Waals surface area (Å²) in [4.78, 5) is 22.7. The van der Waals surface area contributed by atoms with Crippen LogP contribution in [0, 0.1) is 0 Å². The van der Waals surface area contributed by atoms with Crippen LogP contribution in [0.3, 0.4) is 0 Å². The predicted molar refractivity (Wildman–Crippen MR) is 283 cm³/mol. The van der Waals surface area contributed by atoms with E-state index < -0.39 is 39.2 Å². The van der Waals surface area contributed by atoms with Gasteiger partial charge in [-0.05, 0) is 57.8 Å². The number of carbonyl (C=O) groups is 1. The van der Waals surface area contributed by atoms with Gasteiger partial charge in [0.05, 0.1) is 26.4 Å².